The molecule has 1 atom stereocenters. The molecule has 11 aromatic rings. The molecule has 4 heteroatoms. The second-order valence-electron chi connectivity index (χ2n) is 16.5. The van der Waals surface area contributed by atoms with Crippen LogP contribution in [0.5, 0.6) is 0 Å². The molecule has 4 nitrogen and oxygen atoms in total. The first kappa shape index (κ1) is 37.4. The van der Waals surface area contributed by atoms with Crippen molar-refractivity contribution in [2.75, 3.05) is 9.80 Å². The van der Waals surface area contributed by atoms with Crippen molar-refractivity contribution in [3.05, 3.63) is 249 Å². The van der Waals surface area contributed by atoms with Gasteiger partial charge in [0.15, 0.2) is 0 Å². The zero-order valence-electron chi connectivity index (χ0n) is 35.2. The number of rotatable bonds is 9. The molecule has 0 amide bonds. The molecular formula is C60H44N4. The van der Waals surface area contributed by atoms with Crippen LogP contribution in [-0.2, 0) is 0 Å². The zero-order valence-corrected chi connectivity index (χ0v) is 35.2. The van der Waals surface area contributed by atoms with E-state index in [1.54, 1.807) is 0 Å². The Morgan fingerprint density at radius 3 is 1.33 bits per heavy atom. The molecule has 0 aliphatic heterocycles. The molecule has 2 aromatic heterocycles. The van der Waals surface area contributed by atoms with E-state index in [0.717, 1.165) is 34.9 Å². The summed E-state index contributed by atoms with van der Waals surface area (Å²) in [4.78, 5) is 4.85. The number of allylic oxidation sites excluding steroid dienone is 2. The van der Waals surface area contributed by atoms with Crippen LogP contribution in [0.1, 0.15) is 6.42 Å². The maximum absolute atomic E-state index is 2.49. The van der Waals surface area contributed by atoms with E-state index in [1.807, 2.05) is 0 Å². The van der Waals surface area contributed by atoms with Gasteiger partial charge in [0.2, 0.25) is 0 Å². The maximum Gasteiger partial charge on any atom is 0.0559 e. The third-order valence-electron chi connectivity index (χ3n) is 12.8. The van der Waals surface area contributed by atoms with E-state index in [4.69, 9.17) is 0 Å². The second kappa shape index (κ2) is 15.8. The monoisotopic (exact) mass is 820 g/mol. The molecule has 64 heavy (non-hydrogen) atoms. The van der Waals surface area contributed by atoms with E-state index < -0.39 is 0 Å². The minimum Gasteiger partial charge on any atom is -0.334 e. The van der Waals surface area contributed by atoms with E-state index >= 15 is 0 Å². The molecule has 1 unspecified atom stereocenters. The minimum atomic E-state index is 0.188. The van der Waals surface area contributed by atoms with Gasteiger partial charge in [0, 0.05) is 61.4 Å². The van der Waals surface area contributed by atoms with E-state index in [-0.39, 0.29) is 6.04 Å². The first-order valence-corrected chi connectivity index (χ1v) is 22.1. The first-order valence-electron chi connectivity index (χ1n) is 22.1. The highest BCUT2D eigenvalue weighted by molar-refractivity contribution is 6.11. The number of anilines is 5. The second-order valence-corrected chi connectivity index (χ2v) is 16.5. The van der Waals surface area contributed by atoms with Crippen LogP contribution in [-0.4, -0.2) is 15.2 Å². The Hall–Kier alpha value is -8.34. The lowest BCUT2D eigenvalue weighted by atomic mass is 10.0. The molecule has 2 heterocycles. The van der Waals surface area contributed by atoms with Crippen LogP contribution in [0.2, 0.25) is 0 Å². The van der Waals surface area contributed by atoms with Gasteiger partial charge in [0.05, 0.1) is 28.1 Å². The molecule has 9 aromatic carbocycles. The van der Waals surface area contributed by atoms with Gasteiger partial charge in [-0.15, -0.1) is 0 Å². The number of benzene rings is 9. The van der Waals surface area contributed by atoms with Gasteiger partial charge >= 0.3 is 0 Å². The number of nitrogens with zero attached hydrogens (tertiary/aromatic N) is 4. The van der Waals surface area contributed by atoms with E-state index in [1.165, 1.54) is 66.1 Å². The number of hydrogen-bond donors (Lipinski definition) is 0. The zero-order chi connectivity index (χ0) is 42.4. The fourth-order valence-corrected chi connectivity index (χ4v) is 9.85. The molecular weight excluding hydrogens is 777 g/mol. The summed E-state index contributed by atoms with van der Waals surface area (Å²) >= 11 is 0. The fraction of sp³-hybridized carbons (Fsp3) is 0.0333. The standard InChI is InChI=1S/C60H44N4/c1-5-17-45(18-6-1)61(51-37-39-59-55(41-51)53-25-13-15-27-57(53)63(59)47-21-9-3-10-22-47)49-33-29-43(30-34-49)44-31-35-50(36-32-44)62(46-19-7-2-8-20-46)52-38-40-60-56(42-52)54-26-14-16-28-58(54)64(60)48-23-11-4-12-24-48/h1-19,21-42,46H,20H2. The third-order valence-corrected chi connectivity index (χ3v) is 12.8. The summed E-state index contributed by atoms with van der Waals surface area (Å²) in [5, 5.41) is 4.96. The quantitative estimate of drug-likeness (QED) is 0.144. The van der Waals surface area contributed by atoms with Gasteiger partial charge in [0.25, 0.3) is 0 Å². The summed E-state index contributed by atoms with van der Waals surface area (Å²) in [6.07, 6.45) is 9.86. The Labute approximate surface area is 373 Å². The van der Waals surface area contributed by atoms with Gasteiger partial charge in [-0.25, -0.2) is 0 Å². The molecule has 0 saturated heterocycles. The van der Waals surface area contributed by atoms with Crippen molar-refractivity contribution in [1.82, 2.24) is 9.13 Å². The predicted molar refractivity (Wildman–Crippen MR) is 271 cm³/mol. The third kappa shape index (κ3) is 6.47. The fourth-order valence-electron chi connectivity index (χ4n) is 9.85. The van der Waals surface area contributed by atoms with Crippen molar-refractivity contribution >= 4 is 72.0 Å². The predicted octanol–water partition coefficient (Wildman–Crippen LogP) is 16.0. The molecule has 0 spiro atoms. The summed E-state index contributed by atoms with van der Waals surface area (Å²) < 4.78 is 4.75. The molecule has 0 saturated carbocycles. The smallest absolute Gasteiger partial charge is 0.0559 e. The number of hydrogen-bond acceptors (Lipinski definition) is 2. The average molecular weight is 821 g/mol. The van der Waals surface area contributed by atoms with Gasteiger partial charge in [0.1, 0.15) is 0 Å². The van der Waals surface area contributed by atoms with Gasteiger partial charge in [-0.1, -0.05) is 140 Å². The van der Waals surface area contributed by atoms with Gasteiger partial charge in [-0.2, -0.15) is 0 Å². The van der Waals surface area contributed by atoms with Crippen LogP contribution < -0.4 is 9.80 Å². The largest absolute Gasteiger partial charge is 0.334 e. The summed E-state index contributed by atoms with van der Waals surface area (Å²) in [7, 11) is 0. The molecule has 0 bridgehead atoms. The van der Waals surface area contributed by atoms with E-state index in [9.17, 15) is 0 Å². The molecule has 0 radical (unpaired) electrons. The number of fused-ring (bicyclic) bond motifs is 6. The molecule has 0 N–H and O–H groups in total. The van der Waals surface area contributed by atoms with Crippen molar-refractivity contribution in [3.8, 4) is 22.5 Å². The van der Waals surface area contributed by atoms with Gasteiger partial charge in [-0.3, -0.25) is 0 Å². The summed E-state index contributed by atoms with van der Waals surface area (Å²) in [5.41, 5.74) is 15.1. The van der Waals surface area contributed by atoms with Crippen LogP contribution in [0.4, 0.5) is 28.4 Å². The van der Waals surface area contributed by atoms with Crippen molar-refractivity contribution in [2.24, 2.45) is 0 Å². The Balaban J connectivity index is 0.896. The first-order chi connectivity index (χ1) is 31.8. The summed E-state index contributed by atoms with van der Waals surface area (Å²) in [6.45, 7) is 0. The molecule has 304 valence electrons. The van der Waals surface area contributed by atoms with Crippen LogP contribution >= 0.6 is 0 Å². The Bertz CT molecular complexity index is 3510. The number of para-hydroxylation sites is 5. The van der Waals surface area contributed by atoms with Crippen molar-refractivity contribution < 1.29 is 0 Å². The summed E-state index contributed by atoms with van der Waals surface area (Å²) in [6, 6.07) is 81.6. The highest BCUT2D eigenvalue weighted by Gasteiger charge is 2.22. The molecule has 12 rings (SSSR count). The van der Waals surface area contributed by atoms with Crippen molar-refractivity contribution in [1.29, 1.82) is 0 Å². The number of aromatic nitrogens is 2. The van der Waals surface area contributed by atoms with Crippen molar-refractivity contribution in [3.63, 3.8) is 0 Å². The van der Waals surface area contributed by atoms with Crippen LogP contribution in [0.25, 0.3) is 66.1 Å². The Morgan fingerprint density at radius 2 is 0.781 bits per heavy atom. The highest BCUT2D eigenvalue weighted by atomic mass is 15.2. The lowest BCUT2D eigenvalue weighted by molar-refractivity contribution is 0.785. The normalized spacial score (nSPS) is 13.6. The topological polar surface area (TPSA) is 16.3 Å². The average Bonchev–Trinajstić information content (AvgIpc) is 3.88. The molecule has 1 aliphatic carbocycles. The van der Waals surface area contributed by atoms with Gasteiger partial charge < -0.3 is 18.9 Å². The molecule has 1 aliphatic rings. The van der Waals surface area contributed by atoms with Gasteiger partial charge in [-0.05, 0) is 127 Å². The van der Waals surface area contributed by atoms with E-state index in [2.05, 4.69) is 268 Å². The SMILES string of the molecule is C1=CCC(N(c2ccc(-c3ccc(N(c4ccccc4)c4ccc5c(c4)c4ccccc4n5-c4ccccc4)cc3)cc2)c2ccc3c(c2)c2ccccc2n3-c2ccccc2)C=C1. The van der Waals surface area contributed by atoms with E-state index in [0.29, 0.717) is 0 Å². The maximum atomic E-state index is 2.49. The van der Waals surface area contributed by atoms with Crippen molar-refractivity contribution in [2.45, 2.75) is 12.5 Å². The minimum absolute atomic E-state index is 0.188. The molecule has 0 fully saturated rings. The highest BCUT2D eigenvalue weighted by Crippen LogP contribution is 2.42. The van der Waals surface area contributed by atoms with Crippen LogP contribution in [0.3, 0.4) is 0 Å². The van der Waals surface area contributed by atoms with Crippen LogP contribution in [0, 0.1) is 0 Å². The lowest BCUT2D eigenvalue weighted by Crippen LogP contribution is -2.29. The van der Waals surface area contributed by atoms with Crippen LogP contribution in [0.15, 0.2) is 249 Å². The summed E-state index contributed by atoms with van der Waals surface area (Å²) in [5.74, 6) is 0. The Kier molecular flexibility index (Phi) is 9.27. The Morgan fingerprint density at radius 1 is 0.344 bits per heavy atom. The lowest BCUT2D eigenvalue weighted by Gasteiger charge is -2.33.